The van der Waals surface area contributed by atoms with Gasteiger partial charge >= 0.3 is 0 Å². The van der Waals surface area contributed by atoms with E-state index in [1.165, 1.54) is 38.5 Å². The molecule has 0 saturated heterocycles. The lowest BCUT2D eigenvalue weighted by Crippen LogP contribution is -2.37. The summed E-state index contributed by atoms with van der Waals surface area (Å²) in [4.78, 5) is 11.3. The van der Waals surface area contributed by atoms with Crippen LogP contribution in [0.5, 0.6) is 0 Å². The second-order valence-corrected chi connectivity index (χ2v) is 4.72. The first-order valence-electron chi connectivity index (χ1n) is 6.28. The SMILES string of the molecule is CCCCC[C@H]1CC[C@H](C(=O)NN)CC1. The van der Waals surface area contributed by atoms with Gasteiger partial charge in [-0.3, -0.25) is 10.2 Å². The van der Waals surface area contributed by atoms with Crippen molar-refractivity contribution in [3.8, 4) is 0 Å². The van der Waals surface area contributed by atoms with Crippen LogP contribution in [-0.4, -0.2) is 5.91 Å². The predicted octanol–water partition coefficient (Wildman–Crippen LogP) is 2.36. The molecule has 0 aromatic carbocycles. The number of amides is 1. The van der Waals surface area contributed by atoms with E-state index in [9.17, 15) is 4.79 Å². The molecule has 0 spiro atoms. The molecule has 1 aliphatic rings. The lowest BCUT2D eigenvalue weighted by atomic mass is 9.79. The first kappa shape index (κ1) is 12.5. The number of nitrogens with one attached hydrogen (secondary N) is 1. The Morgan fingerprint density at radius 3 is 2.47 bits per heavy atom. The first-order chi connectivity index (χ1) is 7.27. The smallest absolute Gasteiger partial charge is 0.236 e. The minimum Gasteiger partial charge on any atom is -0.294 e. The fraction of sp³-hybridized carbons (Fsp3) is 0.917. The molecule has 15 heavy (non-hydrogen) atoms. The van der Waals surface area contributed by atoms with Gasteiger partial charge in [0.25, 0.3) is 0 Å². The van der Waals surface area contributed by atoms with E-state index >= 15 is 0 Å². The summed E-state index contributed by atoms with van der Waals surface area (Å²) < 4.78 is 0. The molecule has 1 fully saturated rings. The zero-order chi connectivity index (χ0) is 11.1. The van der Waals surface area contributed by atoms with Crippen molar-refractivity contribution in [3.05, 3.63) is 0 Å². The Hall–Kier alpha value is -0.570. The summed E-state index contributed by atoms with van der Waals surface area (Å²) in [7, 11) is 0. The fourth-order valence-corrected chi connectivity index (χ4v) is 2.51. The van der Waals surface area contributed by atoms with Crippen molar-refractivity contribution in [1.82, 2.24) is 5.43 Å². The van der Waals surface area contributed by atoms with E-state index in [0.29, 0.717) is 0 Å². The van der Waals surface area contributed by atoms with Crippen molar-refractivity contribution >= 4 is 5.91 Å². The van der Waals surface area contributed by atoms with Crippen LogP contribution in [-0.2, 0) is 4.79 Å². The highest BCUT2D eigenvalue weighted by Gasteiger charge is 2.25. The van der Waals surface area contributed by atoms with Crippen LogP contribution in [0, 0.1) is 11.8 Å². The van der Waals surface area contributed by atoms with Gasteiger partial charge in [0, 0.05) is 5.92 Å². The molecule has 1 amide bonds. The van der Waals surface area contributed by atoms with Gasteiger partial charge in [-0.25, -0.2) is 5.84 Å². The van der Waals surface area contributed by atoms with Gasteiger partial charge in [-0.15, -0.1) is 0 Å². The second kappa shape index (κ2) is 6.83. The number of carbonyl (C=O) groups is 1. The third-order valence-corrected chi connectivity index (χ3v) is 3.58. The summed E-state index contributed by atoms with van der Waals surface area (Å²) in [6.45, 7) is 2.24. The van der Waals surface area contributed by atoms with E-state index in [1.54, 1.807) is 0 Å². The van der Waals surface area contributed by atoms with Gasteiger partial charge in [0.15, 0.2) is 0 Å². The zero-order valence-corrected chi connectivity index (χ0v) is 9.80. The van der Waals surface area contributed by atoms with Crippen LogP contribution in [0.25, 0.3) is 0 Å². The molecule has 1 saturated carbocycles. The summed E-state index contributed by atoms with van der Waals surface area (Å²) >= 11 is 0. The highest BCUT2D eigenvalue weighted by Crippen LogP contribution is 2.31. The molecule has 1 aliphatic carbocycles. The van der Waals surface area contributed by atoms with Crippen molar-refractivity contribution in [3.63, 3.8) is 0 Å². The quantitative estimate of drug-likeness (QED) is 0.318. The normalized spacial score (nSPS) is 26.3. The minimum atomic E-state index is 0.0296. The highest BCUT2D eigenvalue weighted by atomic mass is 16.2. The molecule has 0 radical (unpaired) electrons. The number of hydrogen-bond donors (Lipinski definition) is 2. The van der Waals surface area contributed by atoms with Crippen LogP contribution >= 0.6 is 0 Å². The maximum Gasteiger partial charge on any atom is 0.236 e. The highest BCUT2D eigenvalue weighted by molar-refractivity contribution is 5.77. The molecule has 0 heterocycles. The molecule has 3 heteroatoms. The first-order valence-corrected chi connectivity index (χ1v) is 6.28. The molecule has 0 aliphatic heterocycles. The number of nitrogens with two attached hydrogens (primary N) is 1. The van der Waals surface area contributed by atoms with E-state index in [0.717, 1.165) is 18.8 Å². The number of hydrogen-bond acceptors (Lipinski definition) is 2. The van der Waals surface area contributed by atoms with Gasteiger partial charge in [0.2, 0.25) is 5.91 Å². The van der Waals surface area contributed by atoms with Gasteiger partial charge in [0.05, 0.1) is 0 Å². The maximum absolute atomic E-state index is 11.3. The number of unbranched alkanes of at least 4 members (excludes halogenated alkanes) is 2. The van der Waals surface area contributed by atoms with Crippen molar-refractivity contribution < 1.29 is 4.79 Å². The Morgan fingerprint density at radius 2 is 1.93 bits per heavy atom. The summed E-state index contributed by atoms with van der Waals surface area (Å²) in [6, 6.07) is 0. The van der Waals surface area contributed by atoms with Crippen molar-refractivity contribution in [2.45, 2.75) is 58.3 Å². The molecule has 0 aromatic rings. The lowest BCUT2D eigenvalue weighted by molar-refractivity contribution is -0.126. The topological polar surface area (TPSA) is 55.1 Å². The Balaban J connectivity index is 2.15. The summed E-state index contributed by atoms with van der Waals surface area (Å²) in [5, 5.41) is 0. The molecule has 88 valence electrons. The standard InChI is InChI=1S/C12H24N2O/c1-2-3-4-5-10-6-8-11(9-7-10)12(15)14-13/h10-11H,2-9,13H2,1H3,(H,14,15)/t10-,11-. The fourth-order valence-electron chi connectivity index (χ4n) is 2.51. The van der Waals surface area contributed by atoms with Crippen LogP contribution in [0.15, 0.2) is 0 Å². The van der Waals surface area contributed by atoms with E-state index in [4.69, 9.17) is 5.84 Å². The van der Waals surface area contributed by atoms with E-state index < -0.39 is 0 Å². The average molecular weight is 212 g/mol. The van der Waals surface area contributed by atoms with Crippen LogP contribution in [0.3, 0.4) is 0 Å². The van der Waals surface area contributed by atoms with Crippen molar-refractivity contribution in [2.75, 3.05) is 0 Å². The van der Waals surface area contributed by atoms with E-state index in [-0.39, 0.29) is 11.8 Å². The van der Waals surface area contributed by atoms with Crippen LogP contribution in [0.4, 0.5) is 0 Å². The maximum atomic E-state index is 11.3. The number of carbonyl (C=O) groups excluding carboxylic acids is 1. The molecule has 3 nitrogen and oxygen atoms in total. The summed E-state index contributed by atoms with van der Waals surface area (Å²) in [5.41, 5.74) is 2.26. The van der Waals surface area contributed by atoms with Gasteiger partial charge in [-0.05, 0) is 31.6 Å². The molecule has 0 aromatic heterocycles. The van der Waals surface area contributed by atoms with Crippen molar-refractivity contribution in [1.29, 1.82) is 0 Å². The van der Waals surface area contributed by atoms with Gasteiger partial charge < -0.3 is 0 Å². The number of hydrazine groups is 1. The molecular formula is C12H24N2O. The monoisotopic (exact) mass is 212 g/mol. The zero-order valence-electron chi connectivity index (χ0n) is 9.80. The third-order valence-electron chi connectivity index (χ3n) is 3.58. The molecule has 1 rings (SSSR count). The molecule has 3 N–H and O–H groups in total. The molecular weight excluding hydrogens is 188 g/mol. The summed E-state index contributed by atoms with van der Waals surface area (Å²) in [5.74, 6) is 6.20. The van der Waals surface area contributed by atoms with Crippen LogP contribution in [0.1, 0.15) is 58.3 Å². The third kappa shape index (κ3) is 4.20. The Bertz CT molecular complexity index is 186. The van der Waals surface area contributed by atoms with Crippen LogP contribution in [0.2, 0.25) is 0 Å². The largest absolute Gasteiger partial charge is 0.294 e. The van der Waals surface area contributed by atoms with Gasteiger partial charge in [-0.1, -0.05) is 32.6 Å². The van der Waals surface area contributed by atoms with Crippen LogP contribution < -0.4 is 11.3 Å². The molecule has 0 atom stereocenters. The van der Waals surface area contributed by atoms with Gasteiger partial charge in [-0.2, -0.15) is 0 Å². The minimum absolute atomic E-state index is 0.0296. The van der Waals surface area contributed by atoms with E-state index in [1.807, 2.05) is 0 Å². The lowest BCUT2D eigenvalue weighted by Gasteiger charge is -2.27. The Morgan fingerprint density at radius 1 is 1.27 bits per heavy atom. The molecule has 0 bridgehead atoms. The Kier molecular flexibility index (Phi) is 5.69. The van der Waals surface area contributed by atoms with E-state index in [2.05, 4.69) is 12.3 Å². The Labute approximate surface area is 92.8 Å². The number of rotatable bonds is 5. The average Bonchev–Trinajstić information content (AvgIpc) is 2.29. The second-order valence-electron chi connectivity index (χ2n) is 4.72. The van der Waals surface area contributed by atoms with Gasteiger partial charge in [0.1, 0.15) is 0 Å². The molecule has 0 unspecified atom stereocenters. The van der Waals surface area contributed by atoms with Crippen molar-refractivity contribution in [2.24, 2.45) is 17.7 Å². The predicted molar refractivity (Wildman–Crippen MR) is 61.9 cm³/mol. The summed E-state index contributed by atoms with van der Waals surface area (Å²) in [6.07, 6.45) is 9.83.